The van der Waals surface area contributed by atoms with Gasteiger partial charge < -0.3 is 10.0 Å². The maximum atomic E-state index is 13.7. The normalized spacial score (nSPS) is 18.4. The van der Waals surface area contributed by atoms with Gasteiger partial charge in [-0.15, -0.1) is 0 Å². The average Bonchev–Trinajstić information content (AvgIpc) is 3.01. The van der Waals surface area contributed by atoms with Gasteiger partial charge in [-0.2, -0.15) is 0 Å². The number of aromatic nitrogens is 1. The Labute approximate surface area is 202 Å². The van der Waals surface area contributed by atoms with Gasteiger partial charge in [0.25, 0.3) is 5.91 Å². The molecular formula is C27H36N4O3. The number of hydrogen-bond donors (Lipinski definition) is 1. The summed E-state index contributed by atoms with van der Waals surface area (Å²) >= 11 is 0. The Kier molecular flexibility index (Phi) is 7.51. The Bertz CT molecular complexity index is 986. The van der Waals surface area contributed by atoms with Crippen LogP contribution in [0.1, 0.15) is 50.7 Å². The first-order chi connectivity index (χ1) is 16.4. The molecule has 2 fully saturated rings. The standard InChI is InChI=1S/C27H36N4O3/c1-21(2)10-16-31-26(34)30(15-4-6-22-8-13-28-14-9-22)25(33)27(31)11-17-29(18-12-27)20-23-5-3-7-24(32)19-23/h3,5,7-9,13-14,19,21,32H,4,6,10-12,15-18,20H2,1-2H3. The third-order valence-electron chi connectivity index (χ3n) is 7.15. The molecule has 1 aromatic carbocycles. The minimum atomic E-state index is -0.724. The van der Waals surface area contributed by atoms with E-state index in [0.29, 0.717) is 31.8 Å². The lowest BCUT2D eigenvalue weighted by molar-refractivity contribution is -0.135. The number of likely N-dealkylation sites (tertiary alicyclic amines) is 1. The number of carbonyl (C=O) groups excluding carboxylic acids is 2. The van der Waals surface area contributed by atoms with Crippen molar-refractivity contribution in [3.8, 4) is 5.75 Å². The number of imide groups is 1. The number of rotatable bonds is 9. The molecule has 1 N–H and O–H groups in total. The van der Waals surface area contributed by atoms with Gasteiger partial charge in [-0.25, -0.2) is 4.79 Å². The summed E-state index contributed by atoms with van der Waals surface area (Å²) in [5.41, 5.74) is 1.50. The highest BCUT2D eigenvalue weighted by Gasteiger charge is 2.57. The van der Waals surface area contributed by atoms with Gasteiger partial charge in [0.05, 0.1) is 0 Å². The molecule has 2 saturated heterocycles. The molecule has 0 radical (unpaired) electrons. The average molecular weight is 465 g/mol. The van der Waals surface area contributed by atoms with Gasteiger partial charge in [-0.3, -0.25) is 19.6 Å². The monoisotopic (exact) mass is 464 g/mol. The van der Waals surface area contributed by atoms with Crippen LogP contribution in [0.15, 0.2) is 48.8 Å². The lowest BCUT2D eigenvalue weighted by Gasteiger charge is -2.42. The Morgan fingerprint density at radius 1 is 1.03 bits per heavy atom. The summed E-state index contributed by atoms with van der Waals surface area (Å²) in [7, 11) is 0. The molecule has 0 saturated carbocycles. The van der Waals surface area contributed by atoms with E-state index < -0.39 is 5.54 Å². The summed E-state index contributed by atoms with van der Waals surface area (Å²) in [6, 6.07) is 11.2. The van der Waals surface area contributed by atoms with Crippen LogP contribution in [-0.2, 0) is 17.8 Å². The zero-order valence-corrected chi connectivity index (χ0v) is 20.3. The van der Waals surface area contributed by atoms with Crippen LogP contribution in [0.25, 0.3) is 0 Å². The van der Waals surface area contributed by atoms with Gasteiger partial charge in [-0.1, -0.05) is 26.0 Å². The Morgan fingerprint density at radius 2 is 1.76 bits per heavy atom. The van der Waals surface area contributed by atoms with E-state index >= 15 is 0 Å². The molecule has 1 aromatic heterocycles. The van der Waals surface area contributed by atoms with Crippen LogP contribution in [0.5, 0.6) is 5.75 Å². The van der Waals surface area contributed by atoms with Crippen LogP contribution in [0.4, 0.5) is 4.79 Å². The van der Waals surface area contributed by atoms with Crippen molar-refractivity contribution >= 4 is 11.9 Å². The minimum Gasteiger partial charge on any atom is -0.508 e. The van der Waals surface area contributed by atoms with Gasteiger partial charge in [-0.05, 0) is 73.4 Å². The lowest BCUT2D eigenvalue weighted by Crippen LogP contribution is -2.56. The number of pyridine rings is 1. The molecule has 3 amide bonds. The van der Waals surface area contributed by atoms with E-state index in [1.54, 1.807) is 24.5 Å². The number of benzene rings is 1. The van der Waals surface area contributed by atoms with Crippen molar-refractivity contribution in [2.24, 2.45) is 5.92 Å². The summed E-state index contributed by atoms with van der Waals surface area (Å²) in [5, 5.41) is 9.77. The van der Waals surface area contributed by atoms with Crippen molar-refractivity contribution in [3.63, 3.8) is 0 Å². The number of phenols is 1. The van der Waals surface area contributed by atoms with E-state index in [4.69, 9.17) is 0 Å². The van der Waals surface area contributed by atoms with Crippen molar-refractivity contribution in [1.29, 1.82) is 0 Å². The molecule has 3 heterocycles. The molecule has 0 unspecified atom stereocenters. The number of aryl methyl sites for hydroxylation is 1. The predicted molar refractivity (Wildman–Crippen MR) is 131 cm³/mol. The Morgan fingerprint density at radius 3 is 2.44 bits per heavy atom. The molecule has 0 bridgehead atoms. The second kappa shape index (κ2) is 10.6. The highest BCUT2D eigenvalue weighted by Crippen LogP contribution is 2.38. The number of amides is 3. The zero-order chi connectivity index (χ0) is 24.1. The number of piperidine rings is 1. The van der Waals surface area contributed by atoms with E-state index in [-0.39, 0.29) is 17.7 Å². The fourth-order valence-electron chi connectivity index (χ4n) is 5.15. The molecule has 4 rings (SSSR count). The number of hydrogen-bond acceptors (Lipinski definition) is 5. The maximum Gasteiger partial charge on any atom is 0.327 e. The summed E-state index contributed by atoms with van der Waals surface area (Å²) < 4.78 is 0. The minimum absolute atomic E-state index is 0.0204. The predicted octanol–water partition coefficient (Wildman–Crippen LogP) is 4.06. The fraction of sp³-hybridized carbons (Fsp3) is 0.519. The number of aromatic hydroxyl groups is 1. The van der Waals surface area contributed by atoms with Crippen molar-refractivity contribution in [1.82, 2.24) is 19.7 Å². The molecule has 0 aliphatic carbocycles. The van der Waals surface area contributed by atoms with Gasteiger partial charge in [0, 0.05) is 45.1 Å². The van der Waals surface area contributed by atoms with E-state index in [0.717, 1.165) is 44.5 Å². The fourth-order valence-corrected chi connectivity index (χ4v) is 5.15. The zero-order valence-electron chi connectivity index (χ0n) is 20.3. The highest BCUT2D eigenvalue weighted by atomic mass is 16.3. The van der Waals surface area contributed by atoms with Crippen LogP contribution in [0, 0.1) is 5.92 Å². The van der Waals surface area contributed by atoms with Crippen LogP contribution < -0.4 is 0 Å². The summed E-state index contributed by atoms with van der Waals surface area (Å²) in [4.78, 5) is 36.9. The third kappa shape index (κ3) is 5.25. The van der Waals surface area contributed by atoms with Crippen LogP contribution >= 0.6 is 0 Å². The van der Waals surface area contributed by atoms with E-state index in [9.17, 15) is 14.7 Å². The molecule has 2 aliphatic heterocycles. The molecule has 7 nitrogen and oxygen atoms in total. The molecule has 34 heavy (non-hydrogen) atoms. The molecule has 1 spiro atoms. The summed E-state index contributed by atoms with van der Waals surface area (Å²) in [6.07, 6.45) is 7.29. The van der Waals surface area contributed by atoms with E-state index in [2.05, 4.69) is 23.7 Å². The van der Waals surface area contributed by atoms with Gasteiger partial charge in [0.1, 0.15) is 11.3 Å². The van der Waals surface area contributed by atoms with Gasteiger partial charge in [0.2, 0.25) is 0 Å². The third-order valence-corrected chi connectivity index (χ3v) is 7.15. The molecule has 2 aromatic rings. The number of carbonyl (C=O) groups is 2. The number of nitrogens with zero attached hydrogens (tertiary/aromatic N) is 4. The molecule has 2 aliphatic rings. The number of urea groups is 1. The quantitative estimate of drug-likeness (QED) is 0.566. The smallest absolute Gasteiger partial charge is 0.327 e. The van der Waals surface area contributed by atoms with Gasteiger partial charge in [0.15, 0.2) is 0 Å². The first-order valence-corrected chi connectivity index (χ1v) is 12.4. The first-order valence-electron chi connectivity index (χ1n) is 12.4. The van der Waals surface area contributed by atoms with Crippen LogP contribution in [-0.4, -0.2) is 68.4 Å². The molecular weight excluding hydrogens is 428 g/mol. The van der Waals surface area contributed by atoms with E-state index in [1.165, 1.54) is 10.5 Å². The highest BCUT2D eigenvalue weighted by molar-refractivity contribution is 6.07. The lowest BCUT2D eigenvalue weighted by atomic mass is 9.85. The van der Waals surface area contributed by atoms with Crippen molar-refractivity contribution in [2.75, 3.05) is 26.2 Å². The summed E-state index contributed by atoms with van der Waals surface area (Å²) in [5.74, 6) is 0.712. The van der Waals surface area contributed by atoms with Crippen molar-refractivity contribution < 1.29 is 14.7 Å². The topological polar surface area (TPSA) is 77.0 Å². The first kappa shape index (κ1) is 24.2. The van der Waals surface area contributed by atoms with Crippen molar-refractivity contribution in [3.05, 3.63) is 59.9 Å². The Balaban J connectivity index is 1.44. The molecule has 182 valence electrons. The Hall–Kier alpha value is -2.93. The maximum absolute atomic E-state index is 13.7. The van der Waals surface area contributed by atoms with Crippen LogP contribution in [0.2, 0.25) is 0 Å². The summed E-state index contributed by atoms with van der Waals surface area (Å²) in [6.45, 7) is 7.60. The number of phenolic OH excluding ortho intramolecular Hbond substituents is 1. The molecule has 7 heteroatoms. The second-order valence-electron chi connectivity index (χ2n) is 10.0. The SMILES string of the molecule is CC(C)CCN1C(=O)N(CCCc2ccncc2)C(=O)C12CCN(Cc1cccc(O)c1)CC2. The van der Waals surface area contributed by atoms with E-state index in [1.807, 2.05) is 29.2 Å². The largest absolute Gasteiger partial charge is 0.508 e. The van der Waals surface area contributed by atoms with Gasteiger partial charge >= 0.3 is 6.03 Å². The molecule has 0 atom stereocenters. The van der Waals surface area contributed by atoms with Crippen LogP contribution in [0.3, 0.4) is 0 Å². The van der Waals surface area contributed by atoms with Crippen molar-refractivity contribution in [2.45, 2.75) is 58.0 Å². The second-order valence-corrected chi connectivity index (χ2v) is 10.0.